The molecular weight excluding hydrogens is 378 g/mol. The maximum atomic E-state index is 13.4. The number of amides is 2. The second kappa shape index (κ2) is 6.91. The van der Waals surface area contributed by atoms with Crippen LogP contribution in [0.5, 0.6) is 0 Å². The standard InChI is InChI=1S/C24H27N3O3/c1-24(2,30)21(14-9-10-14)27-13-15-5-3-8-19(20(15)23(27)29)26-22(28)17-11-12-25-18-7-4-6-16(17)18/h3,5,8,11-12,14,21,30H,4,6-7,9-10,13H2,1-2H3,(H,26,28). The van der Waals surface area contributed by atoms with Gasteiger partial charge in [0.15, 0.2) is 0 Å². The molecule has 1 unspecified atom stereocenters. The molecule has 1 aliphatic heterocycles. The number of aromatic nitrogens is 1. The Morgan fingerprint density at radius 1 is 1.27 bits per heavy atom. The van der Waals surface area contributed by atoms with Gasteiger partial charge in [-0.1, -0.05) is 12.1 Å². The van der Waals surface area contributed by atoms with Crippen LogP contribution in [0.1, 0.15) is 70.6 Å². The van der Waals surface area contributed by atoms with Crippen molar-refractivity contribution >= 4 is 17.5 Å². The zero-order chi connectivity index (χ0) is 21.0. The highest BCUT2D eigenvalue weighted by atomic mass is 16.3. The summed E-state index contributed by atoms with van der Waals surface area (Å²) in [5.74, 6) is 0.0250. The van der Waals surface area contributed by atoms with E-state index in [-0.39, 0.29) is 17.9 Å². The van der Waals surface area contributed by atoms with Crippen LogP contribution in [0.4, 0.5) is 5.69 Å². The summed E-state index contributed by atoms with van der Waals surface area (Å²) in [6.45, 7) is 4.02. The lowest BCUT2D eigenvalue weighted by molar-refractivity contribution is -0.0224. The van der Waals surface area contributed by atoms with E-state index in [1.54, 1.807) is 37.1 Å². The normalized spacial score (nSPS) is 18.9. The van der Waals surface area contributed by atoms with Crippen molar-refractivity contribution < 1.29 is 14.7 Å². The average Bonchev–Trinajstić information content (AvgIpc) is 3.29. The summed E-state index contributed by atoms with van der Waals surface area (Å²) in [6.07, 6.45) is 6.53. The zero-order valence-electron chi connectivity index (χ0n) is 17.4. The van der Waals surface area contributed by atoms with E-state index in [1.807, 2.05) is 12.1 Å². The number of aryl methyl sites for hydroxylation is 1. The molecule has 1 saturated carbocycles. The summed E-state index contributed by atoms with van der Waals surface area (Å²) in [5, 5.41) is 13.7. The van der Waals surface area contributed by atoms with Crippen molar-refractivity contribution in [3.63, 3.8) is 0 Å². The maximum Gasteiger partial charge on any atom is 0.256 e. The number of hydrogen-bond donors (Lipinski definition) is 2. The molecule has 0 bridgehead atoms. The average molecular weight is 405 g/mol. The number of carbonyl (C=O) groups is 2. The number of hydrogen-bond acceptors (Lipinski definition) is 4. The van der Waals surface area contributed by atoms with Crippen molar-refractivity contribution in [1.82, 2.24) is 9.88 Å². The molecule has 1 fully saturated rings. The van der Waals surface area contributed by atoms with Gasteiger partial charge in [-0.15, -0.1) is 0 Å². The Labute approximate surface area is 176 Å². The van der Waals surface area contributed by atoms with Crippen LogP contribution < -0.4 is 5.32 Å². The lowest BCUT2D eigenvalue weighted by Crippen LogP contribution is -2.51. The Balaban J connectivity index is 1.44. The minimum atomic E-state index is -0.972. The molecule has 1 aromatic heterocycles. The molecular formula is C24H27N3O3. The van der Waals surface area contributed by atoms with Gasteiger partial charge in [0.1, 0.15) is 0 Å². The van der Waals surface area contributed by atoms with Gasteiger partial charge in [-0.25, -0.2) is 0 Å². The molecule has 6 nitrogen and oxygen atoms in total. The first kappa shape index (κ1) is 19.2. The summed E-state index contributed by atoms with van der Waals surface area (Å²) < 4.78 is 0. The van der Waals surface area contributed by atoms with E-state index >= 15 is 0 Å². The van der Waals surface area contributed by atoms with Gasteiger partial charge in [-0.2, -0.15) is 0 Å². The van der Waals surface area contributed by atoms with E-state index in [4.69, 9.17) is 0 Å². The van der Waals surface area contributed by atoms with Crippen LogP contribution in [0.25, 0.3) is 0 Å². The second-order valence-corrected chi connectivity index (χ2v) is 9.30. The number of aliphatic hydroxyl groups is 1. The zero-order valence-corrected chi connectivity index (χ0v) is 17.4. The van der Waals surface area contributed by atoms with Crippen molar-refractivity contribution in [2.24, 2.45) is 5.92 Å². The second-order valence-electron chi connectivity index (χ2n) is 9.30. The maximum absolute atomic E-state index is 13.4. The van der Waals surface area contributed by atoms with Gasteiger partial charge in [0.05, 0.1) is 22.9 Å². The molecule has 30 heavy (non-hydrogen) atoms. The van der Waals surface area contributed by atoms with Gasteiger partial charge < -0.3 is 15.3 Å². The molecule has 2 amide bonds. The molecule has 0 spiro atoms. The Bertz CT molecular complexity index is 1040. The molecule has 156 valence electrons. The minimum Gasteiger partial charge on any atom is -0.388 e. The van der Waals surface area contributed by atoms with Crippen LogP contribution in [0.15, 0.2) is 30.5 Å². The fourth-order valence-corrected chi connectivity index (χ4v) is 5.20. The van der Waals surface area contributed by atoms with Gasteiger partial charge in [-0.3, -0.25) is 14.6 Å². The third-order valence-corrected chi connectivity index (χ3v) is 6.57. The Morgan fingerprint density at radius 2 is 2.07 bits per heavy atom. The van der Waals surface area contributed by atoms with E-state index in [9.17, 15) is 14.7 Å². The third kappa shape index (κ3) is 3.19. The monoisotopic (exact) mass is 405 g/mol. The van der Waals surface area contributed by atoms with Crippen molar-refractivity contribution in [2.45, 2.75) is 64.1 Å². The van der Waals surface area contributed by atoms with E-state index in [1.165, 1.54) is 0 Å². The van der Waals surface area contributed by atoms with Gasteiger partial charge in [0.25, 0.3) is 11.8 Å². The third-order valence-electron chi connectivity index (χ3n) is 6.57. The largest absolute Gasteiger partial charge is 0.388 e. The molecule has 0 radical (unpaired) electrons. The molecule has 2 aromatic rings. The van der Waals surface area contributed by atoms with Crippen molar-refractivity contribution in [3.8, 4) is 0 Å². The first-order valence-electron chi connectivity index (χ1n) is 10.8. The predicted octanol–water partition coefficient (Wildman–Crippen LogP) is 3.33. The Morgan fingerprint density at radius 3 is 2.80 bits per heavy atom. The fourth-order valence-electron chi connectivity index (χ4n) is 5.20. The number of nitrogens with one attached hydrogen (secondary N) is 1. The number of fused-ring (bicyclic) bond motifs is 2. The number of pyridine rings is 1. The number of benzene rings is 1. The quantitative estimate of drug-likeness (QED) is 0.799. The Kier molecular flexibility index (Phi) is 4.43. The van der Waals surface area contributed by atoms with Crippen LogP contribution in [-0.2, 0) is 19.4 Å². The topological polar surface area (TPSA) is 82.5 Å². The highest BCUT2D eigenvalue weighted by Crippen LogP contribution is 2.43. The van der Waals surface area contributed by atoms with E-state index in [0.717, 1.165) is 48.9 Å². The van der Waals surface area contributed by atoms with Crippen molar-refractivity contribution in [1.29, 1.82) is 0 Å². The smallest absolute Gasteiger partial charge is 0.256 e. The lowest BCUT2D eigenvalue weighted by Gasteiger charge is -2.37. The highest BCUT2D eigenvalue weighted by Gasteiger charge is 2.48. The highest BCUT2D eigenvalue weighted by molar-refractivity contribution is 6.11. The summed E-state index contributed by atoms with van der Waals surface area (Å²) in [5.41, 5.74) is 3.68. The minimum absolute atomic E-state index is 0.111. The molecule has 1 aromatic carbocycles. The van der Waals surface area contributed by atoms with E-state index < -0.39 is 5.60 Å². The van der Waals surface area contributed by atoms with E-state index in [0.29, 0.717) is 29.3 Å². The van der Waals surface area contributed by atoms with Gasteiger partial charge >= 0.3 is 0 Å². The summed E-state index contributed by atoms with van der Waals surface area (Å²) >= 11 is 0. The lowest BCUT2D eigenvalue weighted by atomic mass is 9.93. The number of anilines is 1. The number of rotatable bonds is 5. The molecule has 1 atom stereocenters. The van der Waals surface area contributed by atoms with Crippen LogP contribution in [0.2, 0.25) is 0 Å². The summed E-state index contributed by atoms with van der Waals surface area (Å²) in [7, 11) is 0. The summed E-state index contributed by atoms with van der Waals surface area (Å²) in [6, 6.07) is 7.13. The van der Waals surface area contributed by atoms with Gasteiger partial charge in [0.2, 0.25) is 0 Å². The molecule has 3 aliphatic rings. The predicted molar refractivity (Wildman–Crippen MR) is 113 cm³/mol. The molecule has 2 heterocycles. The molecule has 2 aliphatic carbocycles. The SMILES string of the molecule is CC(C)(O)C(C1CC1)N1Cc2cccc(NC(=O)c3ccnc4c3CCC4)c2C1=O. The molecule has 6 heteroatoms. The van der Waals surface area contributed by atoms with E-state index in [2.05, 4.69) is 10.3 Å². The molecule has 0 saturated heterocycles. The van der Waals surface area contributed by atoms with Crippen molar-refractivity contribution in [3.05, 3.63) is 58.4 Å². The summed E-state index contributed by atoms with van der Waals surface area (Å²) in [4.78, 5) is 32.6. The first-order valence-corrected chi connectivity index (χ1v) is 10.8. The molecule has 5 rings (SSSR count). The Hall–Kier alpha value is -2.73. The van der Waals surface area contributed by atoms with Crippen LogP contribution in [0.3, 0.4) is 0 Å². The van der Waals surface area contributed by atoms with Crippen LogP contribution in [0, 0.1) is 5.92 Å². The van der Waals surface area contributed by atoms with Gasteiger partial charge in [-0.05, 0) is 75.1 Å². The van der Waals surface area contributed by atoms with Gasteiger partial charge in [0, 0.05) is 24.0 Å². The first-order chi connectivity index (χ1) is 14.3. The van der Waals surface area contributed by atoms with Crippen LogP contribution >= 0.6 is 0 Å². The fraction of sp³-hybridized carbons (Fsp3) is 0.458. The molecule has 2 N–H and O–H groups in total. The van der Waals surface area contributed by atoms with Crippen molar-refractivity contribution in [2.75, 3.05) is 5.32 Å². The van der Waals surface area contributed by atoms with Crippen LogP contribution in [-0.4, -0.2) is 38.4 Å². The number of carbonyl (C=O) groups excluding carboxylic acids is 2. The number of nitrogens with zero attached hydrogens (tertiary/aromatic N) is 2.